The van der Waals surface area contributed by atoms with Crippen LogP contribution >= 0.6 is 0 Å². The molecule has 2 rings (SSSR count). The lowest BCUT2D eigenvalue weighted by molar-refractivity contribution is -0.141. The fourth-order valence-corrected chi connectivity index (χ4v) is 1.61. The molecule has 4 heteroatoms. The highest BCUT2D eigenvalue weighted by atomic mass is 16.4. The van der Waals surface area contributed by atoms with Gasteiger partial charge < -0.3 is 5.11 Å². The van der Waals surface area contributed by atoms with Gasteiger partial charge in [-0.25, -0.2) is 0 Å². The molecule has 0 fully saturated rings. The normalized spacial score (nSPS) is 20.9. The fourth-order valence-electron chi connectivity index (χ4n) is 1.61. The van der Waals surface area contributed by atoms with Crippen molar-refractivity contribution in [2.24, 2.45) is 5.92 Å². The Balaban J connectivity index is 2.24. The van der Waals surface area contributed by atoms with Crippen LogP contribution in [0.25, 0.3) is 0 Å². The number of hydrogen-bond acceptors (Lipinski definition) is 2. The number of aryl methyl sites for hydroxylation is 1. The van der Waals surface area contributed by atoms with Gasteiger partial charge in [-0.1, -0.05) is 0 Å². The van der Waals surface area contributed by atoms with Gasteiger partial charge in [0.2, 0.25) is 0 Å². The average molecular weight is 166 g/mol. The predicted octanol–water partition coefficient (Wildman–Crippen LogP) is 0.448. The molecular formula is C8H10N2O2. The van der Waals surface area contributed by atoms with Crippen LogP contribution in [0.1, 0.15) is 11.4 Å². The lowest BCUT2D eigenvalue weighted by atomic mass is 10.1. The molecule has 1 aromatic rings. The fraction of sp³-hybridized carbons (Fsp3) is 0.500. The van der Waals surface area contributed by atoms with Crippen LogP contribution in [0.3, 0.4) is 0 Å². The first-order valence-electron chi connectivity index (χ1n) is 3.93. The van der Waals surface area contributed by atoms with Gasteiger partial charge >= 0.3 is 5.97 Å². The summed E-state index contributed by atoms with van der Waals surface area (Å²) in [7, 11) is 0. The summed E-state index contributed by atoms with van der Waals surface area (Å²) >= 11 is 0. The number of nitrogens with zero attached hydrogens (tertiary/aromatic N) is 2. The lowest BCUT2D eigenvalue weighted by Gasteiger charge is -1.99. The standard InChI is InChI=1S/C8H10N2O2/c1-5-2-7-3-6(8(11)12)4-10(7)9-5/h2,6H,3-4H2,1H3,(H,11,12). The van der Waals surface area contributed by atoms with Crippen LogP contribution in [0.4, 0.5) is 0 Å². The maximum absolute atomic E-state index is 10.6. The summed E-state index contributed by atoms with van der Waals surface area (Å²) in [6.45, 7) is 2.44. The zero-order valence-corrected chi connectivity index (χ0v) is 6.82. The smallest absolute Gasteiger partial charge is 0.308 e. The first kappa shape index (κ1) is 7.34. The van der Waals surface area contributed by atoms with Crippen molar-refractivity contribution < 1.29 is 9.90 Å². The van der Waals surface area contributed by atoms with E-state index in [0.717, 1.165) is 11.4 Å². The van der Waals surface area contributed by atoms with Crippen LogP contribution in [0.5, 0.6) is 0 Å². The van der Waals surface area contributed by atoms with Gasteiger partial charge in [0.1, 0.15) is 0 Å². The molecule has 2 heterocycles. The summed E-state index contributed by atoms with van der Waals surface area (Å²) in [6, 6.07) is 1.95. The van der Waals surface area contributed by atoms with E-state index in [2.05, 4.69) is 5.10 Å². The Hall–Kier alpha value is -1.32. The Morgan fingerprint density at radius 2 is 2.58 bits per heavy atom. The molecule has 0 spiro atoms. The lowest BCUT2D eigenvalue weighted by Crippen LogP contribution is -2.15. The molecule has 1 aliphatic rings. The molecule has 0 aromatic carbocycles. The first-order valence-corrected chi connectivity index (χ1v) is 3.93. The maximum atomic E-state index is 10.6. The average Bonchev–Trinajstić information content (AvgIpc) is 2.42. The van der Waals surface area contributed by atoms with Crippen molar-refractivity contribution in [1.29, 1.82) is 0 Å². The van der Waals surface area contributed by atoms with Gasteiger partial charge in [-0.15, -0.1) is 0 Å². The Bertz CT molecular complexity index is 306. The van der Waals surface area contributed by atoms with E-state index in [1.165, 1.54) is 0 Å². The summed E-state index contributed by atoms with van der Waals surface area (Å²) in [5.74, 6) is -0.994. The quantitative estimate of drug-likeness (QED) is 0.659. The van der Waals surface area contributed by atoms with Gasteiger partial charge in [-0.3, -0.25) is 9.48 Å². The second-order valence-corrected chi connectivity index (χ2v) is 3.20. The van der Waals surface area contributed by atoms with Crippen LogP contribution in [-0.4, -0.2) is 20.9 Å². The Labute approximate surface area is 69.8 Å². The minimum absolute atomic E-state index is 0.270. The second kappa shape index (κ2) is 2.33. The van der Waals surface area contributed by atoms with Crippen LogP contribution in [0.2, 0.25) is 0 Å². The predicted molar refractivity (Wildman–Crippen MR) is 41.8 cm³/mol. The molecule has 12 heavy (non-hydrogen) atoms. The summed E-state index contributed by atoms with van der Waals surface area (Å²) in [6.07, 6.45) is 0.621. The first-order chi connectivity index (χ1) is 5.66. The van der Waals surface area contributed by atoms with E-state index in [1.54, 1.807) is 4.68 Å². The molecular weight excluding hydrogens is 156 g/mol. The topological polar surface area (TPSA) is 55.1 Å². The van der Waals surface area contributed by atoms with Gasteiger partial charge in [0, 0.05) is 12.1 Å². The monoisotopic (exact) mass is 166 g/mol. The van der Waals surface area contributed by atoms with E-state index in [9.17, 15) is 4.79 Å². The van der Waals surface area contributed by atoms with Crippen LogP contribution < -0.4 is 0 Å². The molecule has 4 nitrogen and oxygen atoms in total. The highest BCUT2D eigenvalue weighted by Gasteiger charge is 2.27. The van der Waals surface area contributed by atoms with Crippen molar-refractivity contribution in [1.82, 2.24) is 9.78 Å². The number of aliphatic carboxylic acids is 1. The second-order valence-electron chi connectivity index (χ2n) is 3.20. The van der Waals surface area contributed by atoms with Crippen molar-refractivity contribution in [3.63, 3.8) is 0 Å². The molecule has 0 aliphatic carbocycles. The van der Waals surface area contributed by atoms with E-state index in [0.29, 0.717) is 13.0 Å². The molecule has 64 valence electrons. The van der Waals surface area contributed by atoms with E-state index in [4.69, 9.17) is 5.11 Å². The van der Waals surface area contributed by atoms with Crippen LogP contribution in [0.15, 0.2) is 6.07 Å². The molecule has 1 aromatic heterocycles. The van der Waals surface area contributed by atoms with Crippen molar-refractivity contribution in [3.05, 3.63) is 17.5 Å². The van der Waals surface area contributed by atoms with Gasteiger partial charge in [0.15, 0.2) is 0 Å². The zero-order chi connectivity index (χ0) is 8.72. The molecule has 0 saturated heterocycles. The number of hydrogen-bond donors (Lipinski definition) is 1. The third kappa shape index (κ3) is 0.995. The molecule has 1 aliphatic heterocycles. The van der Waals surface area contributed by atoms with Gasteiger partial charge in [0.05, 0.1) is 18.2 Å². The molecule has 1 unspecified atom stereocenters. The number of carboxylic acid groups (broad SMARTS) is 1. The number of fused-ring (bicyclic) bond motifs is 1. The van der Waals surface area contributed by atoms with E-state index in [-0.39, 0.29) is 5.92 Å². The van der Waals surface area contributed by atoms with Crippen molar-refractivity contribution >= 4 is 5.97 Å². The minimum Gasteiger partial charge on any atom is -0.481 e. The van der Waals surface area contributed by atoms with Crippen LogP contribution in [-0.2, 0) is 17.8 Å². The SMILES string of the molecule is Cc1cc2n(n1)CC(C(=O)O)C2. The summed E-state index contributed by atoms with van der Waals surface area (Å²) in [5.41, 5.74) is 2.01. The van der Waals surface area contributed by atoms with Gasteiger partial charge in [-0.05, 0) is 13.0 Å². The maximum Gasteiger partial charge on any atom is 0.308 e. The molecule has 0 saturated carbocycles. The summed E-state index contributed by atoms with van der Waals surface area (Å²) in [5, 5.41) is 12.9. The third-order valence-corrected chi connectivity index (χ3v) is 2.18. The molecule has 0 radical (unpaired) electrons. The molecule has 0 amide bonds. The highest BCUT2D eigenvalue weighted by molar-refractivity contribution is 5.70. The number of carbonyl (C=O) groups is 1. The summed E-state index contributed by atoms with van der Waals surface area (Å²) in [4.78, 5) is 10.6. The summed E-state index contributed by atoms with van der Waals surface area (Å²) < 4.78 is 1.79. The van der Waals surface area contributed by atoms with E-state index >= 15 is 0 Å². The highest BCUT2D eigenvalue weighted by Crippen LogP contribution is 2.20. The molecule has 0 bridgehead atoms. The Morgan fingerprint density at radius 1 is 1.83 bits per heavy atom. The van der Waals surface area contributed by atoms with Gasteiger partial charge in [-0.2, -0.15) is 5.10 Å². The number of rotatable bonds is 1. The number of carboxylic acids is 1. The van der Waals surface area contributed by atoms with Crippen molar-refractivity contribution in [3.8, 4) is 0 Å². The molecule has 1 atom stereocenters. The Kier molecular flexibility index (Phi) is 1.43. The zero-order valence-electron chi connectivity index (χ0n) is 6.82. The van der Waals surface area contributed by atoms with E-state index < -0.39 is 5.97 Å². The molecule has 1 N–H and O–H groups in total. The Morgan fingerprint density at radius 3 is 3.17 bits per heavy atom. The third-order valence-electron chi connectivity index (χ3n) is 2.18. The largest absolute Gasteiger partial charge is 0.481 e. The minimum atomic E-state index is -0.724. The van der Waals surface area contributed by atoms with Crippen molar-refractivity contribution in [2.45, 2.75) is 19.9 Å². The van der Waals surface area contributed by atoms with Crippen LogP contribution in [0, 0.1) is 12.8 Å². The number of aromatic nitrogens is 2. The van der Waals surface area contributed by atoms with Gasteiger partial charge in [0.25, 0.3) is 0 Å². The van der Waals surface area contributed by atoms with Crippen molar-refractivity contribution in [2.75, 3.05) is 0 Å². The van der Waals surface area contributed by atoms with E-state index in [1.807, 2.05) is 13.0 Å².